The van der Waals surface area contributed by atoms with Gasteiger partial charge in [-0.2, -0.15) is 0 Å². The van der Waals surface area contributed by atoms with Crippen LogP contribution in [0.5, 0.6) is 0 Å². The summed E-state index contributed by atoms with van der Waals surface area (Å²) >= 11 is 1.65. The maximum atomic E-state index is 12.2. The lowest BCUT2D eigenvalue weighted by atomic mass is 10.4. The van der Waals surface area contributed by atoms with Crippen molar-refractivity contribution in [3.05, 3.63) is 46.4 Å². The van der Waals surface area contributed by atoms with Crippen LogP contribution in [0, 0.1) is 6.92 Å². The van der Waals surface area contributed by atoms with E-state index in [1.807, 2.05) is 49.2 Å². The van der Waals surface area contributed by atoms with Crippen molar-refractivity contribution in [3.8, 4) is 0 Å². The molecule has 0 fully saturated rings. The molecule has 0 amide bonds. The summed E-state index contributed by atoms with van der Waals surface area (Å²) in [5, 5.41) is 6.38. The van der Waals surface area contributed by atoms with Gasteiger partial charge in [-0.1, -0.05) is 18.2 Å². The Kier molecular flexibility index (Phi) is 9.45. The second-order valence-electron chi connectivity index (χ2n) is 5.05. The van der Waals surface area contributed by atoms with E-state index in [9.17, 15) is 4.21 Å². The minimum absolute atomic E-state index is 0. The van der Waals surface area contributed by atoms with E-state index in [4.69, 9.17) is 0 Å². The van der Waals surface area contributed by atoms with Gasteiger partial charge in [-0.25, -0.2) is 4.98 Å². The zero-order valence-electron chi connectivity index (χ0n) is 14.1. The average molecular weight is 478 g/mol. The van der Waals surface area contributed by atoms with E-state index in [1.54, 1.807) is 18.4 Å². The summed E-state index contributed by atoms with van der Waals surface area (Å²) in [7, 11) is 2.72. The lowest BCUT2D eigenvalue weighted by Gasteiger charge is -2.21. The highest BCUT2D eigenvalue weighted by atomic mass is 127. The first-order valence-electron chi connectivity index (χ1n) is 7.36. The molecule has 1 atom stereocenters. The molecule has 2 rings (SSSR count). The second kappa shape index (κ2) is 10.8. The van der Waals surface area contributed by atoms with Crippen LogP contribution in [0.4, 0.5) is 0 Å². The van der Waals surface area contributed by atoms with Gasteiger partial charge in [0.15, 0.2) is 5.96 Å². The molecule has 0 saturated carbocycles. The number of aliphatic imine (C=N–C) groups is 1. The Morgan fingerprint density at radius 1 is 1.38 bits per heavy atom. The molecule has 1 unspecified atom stereocenters. The first kappa shape index (κ1) is 21.0. The smallest absolute Gasteiger partial charge is 0.193 e. The maximum Gasteiger partial charge on any atom is 0.193 e. The van der Waals surface area contributed by atoms with Crippen molar-refractivity contribution in [3.63, 3.8) is 0 Å². The van der Waals surface area contributed by atoms with Crippen molar-refractivity contribution in [1.29, 1.82) is 0 Å². The Balaban J connectivity index is 0.00000288. The molecule has 5 nitrogen and oxygen atoms in total. The number of nitrogens with one attached hydrogen (secondary N) is 1. The molecule has 8 heteroatoms. The molecular formula is C16H23IN4OS2. The molecule has 0 saturated heterocycles. The van der Waals surface area contributed by atoms with Gasteiger partial charge in [0.2, 0.25) is 0 Å². The Bertz CT molecular complexity index is 676. The summed E-state index contributed by atoms with van der Waals surface area (Å²) in [6, 6.07) is 9.52. The lowest BCUT2D eigenvalue weighted by molar-refractivity contribution is 0.473. The predicted molar refractivity (Wildman–Crippen MR) is 113 cm³/mol. The van der Waals surface area contributed by atoms with Crippen molar-refractivity contribution in [1.82, 2.24) is 15.2 Å². The van der Waals surface area contributed by atoms with Gasteiger partial charge >= 0.3 is 0 Å². The summed E-state index contributed by atoms with van der Waals surface area (Å²) in [6.45, 7) is 3.31. The zero-order valence-corrected chi connectivity index (χ0v) is 18.0. The first-order valence-corrected chi connectivity index (χ1v) is 9.56. The molecular weight excluding hydrogens is 455 g/mol. The molecule has 0 spiro atoms. The van der Waals surface area contributed by atoms with Crippen molar-refractivity contribution in [2.45, 2.75) is 18.4 Å². The zero-order chi connectivity index (χ0) is 16.7. The monoisotopic (exact) mass is 478 g/mol. The number of aryl methyl sites for hydroxylation is 1. The van der Waals surface area contributed by atoms with E-state index in [2.05, 4.69) is 20.7 Å². The molecule has 1 N–H and O–H groups in total. The minimum atomic E-state index is -0.996. The standard InChI is InChI=1S/C16H22N4OS2.HI/c1-13-19-14(12-22-13)11-20(3)16(17-2)18-9-10-23(21)15-7-5-4-6-8-15;/h4-8,12H,9-11H2,1-3H3,(H,17,18);1H. The third-order valence-electron chi connectivity index (χ3n) is 3.22. The molecule has 0 aliphatic rings. The summed E-state index contributed by atoms with van der Waals surface area (Å²) < 4.78 is 12.2. The number of rotatable bonds is 6. The van der Waals surface area contributed by atoms with E-state index >= 15 is 0 Å². The van der Waals surface area contributed by atoms with Gasteiger partial charge < -0.3 is 10.2 Å². The molecule has 0 bridgehead atoms. The number of benzene rings is 1. The van der Waals surface area contributed by atoms with Crippen LogP contribution in [0.15, 0.2) is 45.6 Å². The quantitative estimate of drug-likeness (QED) is 0.394. The molecule has 2 aromatic rings. The Morgan fingerprint density at radius 2 is 2.08 bits per heavy atom. The van der Waals surface area contributed by atoms with E-state index in [0.717, 1.165) is 21.6 Å². The number of aromatic nitrogens is 1. The summed E-state index contributed by atoms with van der Waals surface area (Å²) in [6.07, 6.45) is 0. The summed E-state index contributed by atoms with van der Waals surface area (Å²) in [5.41, 5.74) is 1.03. The van der Waals surface area contributed by atoms with Crippen LogP contribution >= 0.6 is 35.3 Å². The third-order valence-corrected chi connectivity index (χ3v) is 5.41. The van der Waals surface area contributed by atoms with Crippen LogP contribution in [-0.4, -0.2) is 46.4 Å². The van der Waals surface area contributed by atoms with E-state index in [1.165, 1.54) is 0 Å². The van der Waals surface area contributed by atoms with Crippen LogP contribution in [0.1, 0.15) is 10.7 Å². The van der Waals surface area contributed by atoms with Gasteiger partial charge in [0.1, 0.15) is 0 Å². The Hall–Kier alpha value is -1.00. The predicted octanol–water partition coefficient (Wildman–Crippen LogP) is 2.88. The highest BCUT2D eigenvalue weighted by molar-refractivity contribution is 14.0. The number of halogens is 1. The SMILES string of the molecule is CN=C(NCCS(=O)c1ccccc1)N(C)Cc1csc(C)n1.I. The molecule has 1 aromatic heterocycles. The molecule has 1 aromatic carbocycles. The number of guanidine groups is 1. The first-order chi connectivity index (χ1) is 11.1. The summed E-state index contributed by atoms with van der Waals surface area (Å²) in [5.74, 6) is 1.33. The van der Waals surface area contributed by atoms with Crippen LogP contribution in [0.2, 0.25) is 0 Å². The highest BCUT2D eigenvalue weighted by Crippen LogP contribution is 2.10. The topological polar surface area (TPSA) is 57.6 Å². The van der Waals surface area contributed by atoms with Crippen LogP contribution in [0.25, 0.3) is 0 Å². The maximum absolute atomic E-state index is 12.2. The van der Waals surface area contributed by atoms with Crippen LogP contribution in [0.3, 0.4) is 0 Å². The van der Waals surface area contributed by atoms with Crippen LogP contribution in [-0.2, 0) is 17.3 Å². The van der Waals surface area contributed by atoms with Gasteiger partial charge in [-0.15, -0.1) is 35.3 Å². The normalized spacial score (nSPS) is 12.4. The van der Waals surface area contributed by atoms with Crippen LogP contribution < -0.4 is 5.32 Å². The molecule has 132 valence electrons. The highest BCUT2D eigenvalue weighted by Gasteiger charge is 2.09. The third kappa shape index (κ3) is 6.48. The van der Waals surface area contributed by atoms with Crippen molar-refractivity contribution >= 4 is 52.1 Å². The number of nitrogens with zero attached hydrogens (tertiary/aromatic N) is 3. The minimum Gasteiger partial charge on any atom is -0.355 e. The lowest BCUT2D eigenvalue weighted by Crippen LogP contribution is -2.40. The number of hydrogen-bond donors (Lipinski definition) is 1. The van der Waals surface area contributed by atoms with E-state index in [0.29, 0.717) is 18.8 Å². The largest absolute Gasteiger partial charge is 0.355 e. The molecule has 0 radical (unpaired) electrons. The van der Waals surface area contributed by atoms with Gasteiger partial charge in [0.25, 0.3) is 0 Å². The van der Waals surface area contributed by atoms with Gasteiger partial charge in [0.05, 0.1) is 28.0 Å². The van der Waals surface area contributed by atoms with Crippen molar-refractivity contribution in [2.24, 2.45) is 4.99 Å². The molecule has 1 heterocycles. The fourth-order valence-electron chi connectivity index (χ4n) is 2.13. The second-order valence-corrected chi connectivity index (χ2v) is 7.68. The number of hydrogen-bond acceptors (Lipinski definition) is 4. The molecule has 0 aliphatic carbocycles. The van der Waals surface area contributed by atoms with E-state index < -0.39 is 10.8 Å². The Morgan fingerprint density at radius 3 is 2.67 bits per heavy atom. The van der Waals surface area contributed by atoms with Crippen molar-refractivity contribution in [2.75, 3.05) is 26.4 Å². The van der Waals surface area contributed by atoms with E-state index in [-0.39, 0.29) is 24.0 Å². The van der Waals surface area contributed by atoms with Gasteiger partial charge in [-0.3, -0.25) is 9.20 Å². The molecule has 24 heavy (non-hydrogen) atoms. The number of thiazole rings is 1. The molecule has 0 aliphatic heterocycles. The summed E-state index contributed by atoms with van der Waals surface area (Å²) in [4.78, 5) is 11.6. The average Bonchev–Trinajstić information content (AvgIpc) is 2.97. The fraction of sp³-hybridized carbons (Fsp3) is 0.375. The fourth-order valence-corrected chi connectivity index (χ4v) is 3.72. The van der Waals surface area contributed by atoms with Crippen molar-refractivity contribution < 1.29 is 4.21 Å². The van der Waals surface area contributed by atoms with Gasteiger partial charge in [0, 0.05) is 36.7 Å². The Labute approximate surface area is 167 Å². The van der Waals surface area contributed by atoms with Gasteiger partial charge in [-0.05, 0) is 19.1 Å².